The summed E-state index contributed by atoms with van der Waals surface area (Å²) in [5, 5.41) is 0.443. The van der Waals surface area contributed by atoms with Crippen LogP contribution >= 0.6 is 34.2 Å². The quantitative estimate of drug-likeness (QED) is 0.230. The normalized spacial score (nSPS) is 14.6. The zero-order valence-corrected chi connectivity index (χ0v) is 18.6. The zero-order valence-electron chi connectivity index (χ0n) is 15.7. The molecule has 2 aromatic carbocycles. The zero-order chi connectivity index (χ0) is 21.0. The molecule has 1 heterocycles. The smallest absolute Gasteiger partial charge is 0.363 e. The van der Waals surface area contributed by atoms with Crippen LogP contribution in [-0.4, -0.2) is 24.9 Å². The minimum atomic E-state index is -0.577. The molecule has 6 nitrogen and oxygen atoms in total. The molecule has 0 spiro atoms. The van der Waals surface area contributed by atoms with E-state index in [4.69, 9.17) is 25.8 Å². The van der Waals surface area contributed by atoms with Gasteiger partial charge in [0.05, 0.1) is 17.7 Å². The third-order valence-electron chi connectivity index (χ3n) is 3.95. The van der Waals surface area contributed by atoms with E-state index in [0.717, 1.165) is 3.57 Å². The van der Waals surface area contributed by atoms with Crippen LogP contribution in [0.1, 0.15) is 30.9 Å². The summed E-state index contributed by atoms with van der Waals surface area (Å²) in [5.74, 6) is -0.0639. The lowest BCUT2D eigenvalue weighted by Gasteiger charge is -2.09. The summed E-state index contributed by atoms with van der Waals surface area (Å²) in [5.41, 5.74) is 1.32. The number of carbonyl (C=O) groups excluding carboxylic acids is 2. The SMILES string of the molecule is CCCC(=O)Oc1ccc(/C=C2\N=C(c3cc(I)ccc3Cl)OC2=O)cc1OC. The fraction of sp³-hybridized carbons (Fsp3) is 0.190. The molecule has 0 aromatic heterocycles. The minimum absolute atomic E-state index is 0.132. The first-order valence-electron chi connectivity index (χ1n) is 8.78. The molecule has 0 amide bonds. The van der Waals surface area contributed by atoms with E-state index in [1.165, 1.54) is 7.11 Å². The van der Waals surface area contributed by atoms with Gasteiger partial charge in [-0.05, 0) is 71.0 Å². The molecule has 0 fully saturated rings. The van der Waals surface area contributed by atoms with Gasteiger partial charge in [-0.15, -0.1) is 0 Å². The van der Waals surface area contributed by atoms with Gasteiger partial charge in [0.15, 0.2) is 17.2 Å². The molecule has 29 heavy (non-hydrogen) atoms. The maximum atomic E-state index is 12.2. The fourth-order valence-corrected chi connectivity index (χ4v) is 3.27. The third kappa shape index (κ3) is 5.16. The first-order chi connectivity index (χ1) is 13.9. The molecule has 150 valence electrons. The van der Waals surface area contributed by atoms with Crippen molar-refractivity contribution in [2.24, 2.45) is 4.99 Å². The van der Waals surface area contributed by atoms with Gasteiger partial charge in [0, 0.05) is 9.99 Å². The highest BCUT2D eigenvalue weighted by molar-refractivity contribution is 14.1. The van der Waals surface area contributed by atoms with Crippen molar-refractivity contribution in [1.29, 1.82) is 0 Å². The maximum Gasteiger partial charge on any atom is 0.363 e. The summed E-state index contributed by atoms with van der Waals surface area (Å²) < 4.78 is 16.8. The van der Waals surface area contributed by atoms with Crippen molar-refractivity contribution in [2.45, 2.75) is 19.8 Å². The Labute approximate surface area is 186 Å². The summed E-state index contributed by atoms with van der Waals surface area (Å²) in [6.07, 6.45) is 2.58. The average Bonchev–Trinajstić information content (AvgIpc) is 3.05. The van der Waals surface area contributed by atoms with Gasteiger partial charge in [-0.2, -0.15) is 0 Å². The number of rotatable bonds is 6. The molecular weight excluding hydrogens is 509 g/mol. The standard InChI is InChI=1S/C21H17ClINO5/c1-3-4-19(25)28-17-8-5-12(10-18(17)27-2)9-16-21(26)29-20(24-16)14-11-13(23)6-7-15(14)22/h5-11H,3-4H2,1-2H3/b16-9-. The lowest BCUT2D eigenvalue weighted by molar-refractivity contribution is -0.134. The number of cyclic esters (lactones) is 1. The second-order valence-electron chi connectivity index (χ2n) is 6.09. The fourth-order valence-electron chi connectivity index (χ4n) is 2.58. The Kier molecular flexibility index (Phi) is 6.92. The molecule has 0 atom stereocenters. The van der Waals surface area contributed by atoms with Gasteiger partial charge in [-0.1, -0.05) is 24.6 Å². The minimum Gasteiger partial charge on any atom is -0.493 e. The molecule has 0 saturated carbocycles. The molecular formula is C21H17ClINO5. The largest absolute Gasteiger partial charge is 0.493 e. The molecule has 0 radical (unpaired) electrons. The van der Waals surface area contributed by atoms with E-state index in [1.54, 1.807) is 36.4 Å². The summed E-state index contributed by atoms with van der Waals surface area (Å²) >= 11 is 8.34. The van der Waals surface area contributed by atoms with Crippen LogP contribution in [0.15, 0.2) is 47.1 Å². The van der Waals surface area contributed by atoms with Crippen LogP contribution < -0.4 is 9.47 Å². The Bertz CT molecular complexity index is 1030. The average molecular weight is 526 g/mol. The highest BCUT2D eigenvalue weighted by Gasteiger charge is 2.26. The number of hydrogen-bond donors (Lipinski definition) is 0. The van der Waals surface area contributed by atoms with E-state index in [9.17, 15) is 9.59 Å². The Morgan fingerprint density at radius 3 is 2.76 bits per heavy atom. The molecule has 2 aromatic rings. The van der Waals surface area contributed by atoms with Crippen LogP contribution in [0.5, 0.6) is 11.5 Å². The number of hydrogen-bond acceptors (Lipinski definition) is 6. The molecule has 0 bridgehead atoms. The number of ether oxygens (including phenoxy) is 3. The number of nitrogens with zero attached hydrogens (tertiary/aromatic N) is 1. The Morgan fingerprint density at radius 1 is 1.24 bits per heavy atom. The van der Waals surface area contributed by atoms with Gasteiger partial charge in [0.2, 0.25) is 5.90 Å². The second-order valence-corrected chi connectivity index (χ2v) is 7.75. The Balaban J connectivity index is 1.89. The molecule has 0 aliphatic carbocycles. The van der Waals surface area contributed by atoms with Gasteiger partial charge < -0.3 is 14.2 Å². The molecule has 0 saturated heterocycles. The summed E-state index contributed by atoms with van der Waals surface area (Å²) in [6, 6.07) is 10.3. The van der Waals surface area contributed by atoms with Gasteiger partial charge in [0.25, 0.3) is 0 Å². The molecule has 1 aliphatic heterocycles. The van der Waals surface area contributed by atoms with Crippen LogP contribution in [0.2, 0.25) is 5.02 Å². The number of esters is 2. The topological polar surface area (TPSA) is 74.2 Å². The van der Waals surface area contributed by atoms with Crippen molar-refractivity contribution in [3.05, 3.63) is 61.8 Å². The van der Waals surface area contributed by atoms with Crippen molar-refractivity contribution in [2.75, 3.05) is 7.11 Å². The van der Waals surface area contributed by atoms with E-state index in [2.05, 4.69) is 27.6 Å². The number of carbonyl (C=O) groups is 2. The molecule has 8 heteroatoms. The van der Waals surface area contributed by atoms with Crippen molar-refractivity contribution >= 4 is 58.1 Å². The second kappa shape index (κ2) is 9.41. The lowest BCUT2D eigenvalue weighted by atomic mass is 10.1. The summed E-state index contributed by atoms with van der Waals surface area (Å²) in [4.78, 5) is 28.3. The van der Waals surface area contributed by atoms with Crippen LogP contribution in [0.25, 0.3) is 6.08 Å². The number of benzene rings is 2. The number of halogens is 2. The van der Waals surface area contributed by atoms with E-state index >= 15 is 0 Å². The van der Waals surface area contributed by atoms with E-state index in [1.807, 2.05) is 13.0 Å². The molecule has 3 rings (SSSR count). The van der Waals surface area contributed by atoms with Gasteiger partial charge in [-0.3, -0.25) is 4.79 Å². The van der Waals surface area contributed by atoms with Crippen molar-refractivity contribution in [3.63, 3.8) is 0 Å². The van der Waals surface area contributed by atoms with Crippen LogP contribution in [0.3, 0.4) is 0 Å². The van der Waals surface area contributed by atoms with Crippen molar-refractivity contribution in [3.8, 4) is 11.5 Å². The van der Waals surface area contributed by atoms with Crippen molar-refractivity contribution in [1.82, 2.24) is 0 Å². The molecule has 1 aliphatic rings. The summed E-state index contributed by atoms with van der Waals surface area (Å²) in [7, 11) is 1.47. The molecule has 0 N–H and O–H groups in total. The summed E-state index contributed by atoms with van der Waals surface area (Å²) in [6.45, 7) is 1.90. The first-order valence-corrected chi connectivity index (χ1v) is 10.2. The predicted octanol–water partition coefficient (Wildman–Crippen LogP) is 5.00. The highest BCUT2D eigenvalue weighted by atomic mass is 127. The third-order valence-corrected chi connectivity index (χ3v) is 4.95. The van der Waals surface area contributed by atoms with Gasteiger partial charge in [0.1, 0.15) is 0 Å². The van der Waals surface area contributed by atoms with Crippen LogP contribution in [0, 0.1) is 3.57 Å². The van der Waals surface area contributed by atoms with E-state index in [0.29, 0.717) is 40.5 Å². The van der Waals surface area contributed by atoms with E-state index in [-0.39, 0.29) is 17.6 Å². The van der Waals surface area contributed by atoms with Gasteiger partial charge in [-0.25, -0.2) is 9.79 Å². The Hall–Kier alpha value is -2.39. The maximum absolute atomic E-state index is 12.2. The lowest BCUT2D eigenvalue weighted by Crippen LogP contribution is -2.08. The predicted molar refractivity (Wildman–Crippen MR) is 118 cm³/mol. The highest BCUT2D eigenvalue weighted by Crippen LogP contribution is 2.31. The first kappa shape index (κ1) is 21.3. The van der Waals surface area contributed by atoms with Gasteiger partial charge >= 0.3 is 11.9 Å². The monoisotopic (exact) mass is 525 g/mol. The number of aliphatic imine (C=N–C) groups is 1. The van der Waals surface area contributed by atoms with E-state index < -0.39 is 5.97 Å². The van der Waals surface area contributed by atoms with Crippen LogP contribution in [0.4, 0.5) is 0 Å². The van der Waals surface area contributed by atoms with Crippen molar-refractivity contribution < 1.29 is 23.8 Å². The van der Waals surface area contributed by atoms with Crippen LogP contribution in [-0.2, 0) is 14.3 Å². The molecule has 0 unspecified atom stereocenters. The number of methoxy groups -OCH3 is 1. The Morgan fingerprint density at radius 2 is 2.03 bits per heavy atom.